The second kappa shape index (κ2) is 7.88. The Kier molecular flexibility index (Phi) is 5.60. The number of likely N-dealkylation sites (N-methyl/N-ethyl adjacent to an activating group) is 2. The van der Waals surface area contributed by atoms with E-state index in [0.717, 1.165) is 26.1 Å². The fourth-order valence-electron chi connectivity index (χ4n) is 3.13. The lowest BCUT2D eigenvalue weighted by Gasteiger charge is -2.36. The summed E-state index contributed by atoms with van der Waals surface area (Å²) < 4.78 is 0. The molecular weight excluding hydrogens is 320 g/mol. The third kappa shape index (κ3) is 4.41. The number of carbonyl (C=O) groups excluding carboxylic acids is 1. The molecule has 6 heteroatoms. The summed E-state index contributed by atoms with van der Waals surface area (Å²) in [6, 6.07) is 9.17. The highest BCUT2D eigenvalue weighted by molar-refractivity contribution is 7.13. The molecule has 0 saturated carbocycles. The van der Waals surface area contributed by atoms with Crippen LogP contribution in [-0.2, 0) is 17.8 Å². The van der Waals surface area contributed by atoms with Gasteiger partial charge in [-0.25, -0.2) is 4.98 Å². The molecule has 0 radical (unpaired) electrons. The van der Waals surface area contributed by atoms with Gasteiger partial charge in [-0.15, -0.1) is 11.3 Å². The van der Waals surface area contributed by atoms with Crippen LogP contribution in [0.15, 0.2) is 35.8 Å². The number of hydrogen-bond acceptors (Lipinski definition) is 5. The number of nitrogens with zero attached hydrogens (tertiary/aromatic N) is 3. The van der Waals surface area contributed by atoms with Crippen molar-refractivity contribution in [2.24, 2.45) is 0 Å². The van der Waals surface area contributed by atoms with E-state index in [0.29, 0.717) is 17.6 Å². The summed E-state index contributed by atoms with van der Waals surface area (Å²) in [6.45, 7) is 2.72. The minimum absolute atomic E-state index is 0.0270. The van der Waals surface area contributed by atoms with Gasteiger partial charge in [0.25, 0.3) is 0 Å². The number of thiazole rings is 1. The first-order valence-electron chi connectivity index (χ1n) is 8.26. The van der Waals surface area contributed by atoms with Gasteiger partial charge >= 0.3 is 0 Å². The maximum absolute atomic E-state index is 12.0. The minimum Gasteiger partial charge on any atom is -0.304 e. The molecule has 0 fully saturated rings. The molecule has 0 bridgehead atoms. The zero-order chi connectivity index (χ0) is 16.9. The van der Waals surface area contributed by atoms with E-state index in [1.54, 1.807) is 6.20 Å². The Hall–Kier alpha value is -1.76. The molecule has 1 aliphatic heterocycles. The first-order chi connectivity index (χ1) is 11.6. The van der Waals surface area contributed by atoms with E-state index < -0.39 is 0 Å². The molecule has 5 nitrogen and oxygen atoms in total. The highest BCUT2D eigenvalue weighted by Gasteiger charge is 2.24. The molecule has 2 aromatic rings. The van der Waals surface area contributed by atoms with Gasteiger partial charge in [0.1, 0.15) is 0 Å². The van der Waals surface area contributed by atoms with Gasteiger partial charge in [-0.3, -0.25) is 9.69 Å². The predicted molar refractivity (Wildman–Crippen MR) is 98.3 cm³/mol. The Morgan fingerprint density at radius 2 is 2.21 bits per heavy atom. The van der Waals surface area contributed by atoms with Crippen molar-refractivity contribution in [1.82, 2.24) is 14.8 Å². The van der Waals surface area contributed by atoms with Gasteiger partial charge < -0.3 is 10.2 Å². The molecule has 0 saturated heterocycles. The predicted octanol–water partition coefficient (Wildman–Crippen LogP) is 2.46. The first kappa shape index (κ1) is 17.1. The Bertz CT molecular complexity index is 673. The second-order valence-corrected chi connectivity index (χ2v) is 7.33. The molecule has 0 spiro atoms. The quantitative estimate of drug-likeness (QED) is 0.874. The van der Waals surface area contributed by atoms with Crippen molar-refractivity contribution in [3.8, 4) is 0 Å². The lowest BCUT2D eigenvalue weighted by Crippen LogP contribution is -2.45. The number of aromatic nitrogens is 1. The molecule has 1 aromatic heterocycles. The molecule has 1 atom stereocenters. The van der Waals surface area contributed by atoms with Crippen LogP contribution in [0.25, 0.3) is 0 Å². The van der Waals surface area contributed by atoms with Gasteiger partial charge in [-0.05, 0) is 31.6 Å². The number of fused-ring (bicyclic) bond motifs is 1. The van der Waals surface area contributed by atoms with Crippen molar-refractivity contribution in [2.45, 2.75) is 25.4 Å². The summed E-state index contributed by atoms with van der Waals surface area (Å²) in [5.74, 6) is 0.0270. The number of benzene rings is 1. The molecule has 1 unspecified atom stereocenters. The van der Waals surface area contributed by atoms with Crippen LogP contribution in [0.1, 0.15) is 17.5 Å². The summed E-state index contributed by atoms with van der Waals surface area (Å²) in [6.07, 6.45) is 3.26. The summed E-state index contributed by atoms with van der Waals surface area (Å²) in [4.78, 5) is 20.7. The van der Waals surface area contributed by atoms with Crippen molar-refractivity contribution < 1.29 is 4.79 Å². The van der Waals surface area contributed by atoms with Crippen LogP contribution >= 0.6 is 11.3 Å². The maximum atomic E-state index is 12.0. The molecule has 24 heavy (non-hydrogen) atoms. The van der Waals surface area contributed by atoms with Crippen LogP contribution in [0, 0.1) is 0 Å². The van der Waals surface area contributed by atoms with Gasteiger partial charge in [0.05, 0.1) is 0 Å². The maximum Gasteiger partial charge on any atom is 0.227 e. The molecule has 1 N–H and O–H groups in total. The van der Waals surface area contributed by atoms with Crippen molar-refractivity contribution >= 4 is 22.4 Å². The van der Waals surface area contributed by atoms with Gasteiger partial charge in [-0.1, -0.05) is 24.3 Å². The molecule has 1 aliphatic rings. The van der Waals surface area contributed by atoms with E-state index in [2.05, 4.69) is 58.5 Å². The number of anilines is 1. The zero-order valence-corrected chi connectivity index (χ0v) is 15.1. The van der Waals surface area contributed by atoms with Crippen LogP contribution in [0.2, 0.25) is 0 Å². The smallest absolute Gasteiger partial charge is 0.227 e. The lowest BCUT2D eigenvalue weighted by atomic mass is 9.94. The summed E-state index contributed by atoms with van der Waals surface area (Å²) in [5, 5.41) is 5.37. The molecule has 3 rings (SSSR count). The summed E-state index contributed by atoms with van der Waals surface area (Å²) >= 11 is 1.44. The van der Waals surface area contributed by atoms with Crippen molar-refractivity contribution in [3.05, 3.63) is 47.0 Å². The number of hydrogen-bond donors (Lipinski definition) is 1. The third-order valence-electron chi connectivity index (χ3n) is 4.54. The standard InChI is InChI=1S/C18H24N4OS/c1-21(9-7-17(23)20-18-19-8-10-24-18)13-16-11-14-5-3-4-6-15(14)12-22(16)2/h3-6,8,10,16H,7,9,11-13H2,1-2H3,(H,19,20,23). The number of rotatable bonds is 6. The minimum atomic E-state index is 0.0270. The average Bonchev–Trinajstić information content (AvgIpc) is 3.06. The Morgan fingerprint density at radius 3 is 2.96 bits per heavy atom. The number of amides is 1. The van der Waals surface area contributed by atoms with E-state index >= 15 is 0 Å². The SMILES string of the molecule is CN(CCC(=O)Nc1nccs1)CC1Cc2ccccc2CN1C. The van der Waals surface area contributed by atoms with Crippen LogP contribution < -0.4 is 5.32 Å². The van der Waals surface area contributed by atoms with Crippen LogP contribution in [-0.4, -0.2) is 53.9 Å². The monoisotopic (exact) mass is 344 g/mol. The van der Waals surface area contributed by atoms with Crippen molar-refractivity contribution in [2.75, 3.05) is 32.5 Å². The van der Waals surface area contributed by atoms with Crippen molar-refractivity contribution in [1.29, 1.82) is 0 Å². The van der Waals surface area contributed by atoms with Crippen LogP contribution in [0.5, 0.6) is 0 Å². The van der Waals surface area contributed by atoms with Gasteiger partial charge in [0.2, 0.25) is 5.91 Å². The lowest BCUT2D eigenvalue weighted by molar-refractivity contribution is -0.116. The third-order valence-corrected chi connectivity index (χ3v) is 5.23. The van der Waals surface area contributed by atoms with Crippen LogP contribution in [0.3, 0.4) is 0 Å². The fraction of sp³-hybridized carbons (Fsp3) is 0.444. The number of carbonyl (C=O) groups is 1. The second-order valence-electron chi connectivity index (χ2n) is 6.44. The van der Waals surface area contributed by atoms with E-state index in [1.807, 2.05) is 5.38 Å². The highest BCUT2D eigenvalue weighted by Crippen LogP contribution is 2.22. The summed E-state index contributed by atoms with van der Waals surface area (Å²) in [7, 11) is 4.27. The zero-order valence-electron chi connectivity index (χ0n) is 14.2. The molecule has 1 amide bonds. The molecule has 0 aliphatic carbocycles. The molecule has 128 valence electrons. The van der Waals surface area contributed by atoms with Gasteiger partial charge in [0.15, 0.2) is 5.13 Å². The molecule has 1 aromatic carbocycles. The first-order valence-corrected chi connectivity index (χ1v) is 9.14. The molecule has 2 heterocycles. The van der Waals surface area contributed by atoms with Crippen molar-refractivity contribution in [3.63, 3.8) is 0 Å². The van der Waals surface area contributed by atoms with Gasteiger partial charge in [0, 0.05) is 43.7 Å². The van der Waals surface area contributed by atoms with E-state index in [9.17, 15) is 4.79 Å². The van der Waals surface area contributed by atoms with E-state index in [1.165, 1.54) is 22.5 Å². The Labute approximate surface area is 147 Å². The highest BCUT2D eigenvalue weighted by atomic mass is 32.1. The largest absolute Gasteiger partial charge is 0.304 e. The normalized spacial score (nSPS) is 17.7. The average molecular weight is 344 g/mol. The summed E-state index contributed by atoms with van der Waals surface area (Å²) in [5.41, 5.74) is 2.89. The van der Waals surface area contributed by atoms with Crippen LogP contribution in [0.4, 0.5) is 5.13 Å². The topological polar surface area (TPSA) is 48.5 Å². The van der Waals surface area contributed by atoms with E-state index in [4.69, 9.17) is 0 Å². The number of nitrogens with one attached hydrogen (secondary N) is 1. The molecular formula is C18H24N4OS. The van der Waals surface area contributed by atoms with E-state index in [-0.39, 0.29) is 5.91 Å². The Balaban J connectivity index is 1.46. The fourth-order valence-corrected chi connectivity index (χ4v) is 3.68. The van der Waals surface area contributed by atoms with Gasteiger partial charge in [-0.2, -0.15) is 0 Å². The Morgan fingerprint density at radius 1 is 1.42 bits per heavy atom.